The van der Waals surface area contributed by atoms with Crippen molar-refractivity contribution in [2.75, 3.05) is 31.2 Å². The highest BCUT2D eigenvalue weighted by molar-refractivity contribution is 6.30. The lowest BCUT2D eigenvalue weighted by molar-refractivity contribution is 0.0113. The number of hydrogen-bond donors (Lipinski definition) is 0. The van der Waals surface area contributed by atoms with E-state index < -0.39 is 30.2 Å². The minimum absolute atomic E-state index is 0.0682. The summed E-state index contributed by atoms with van der Waals surface area (Å²) in [5, 5.41) is -0.200. The molecule has 0 aromatic carbocycles. The maximum atomic E-state index is 14.3. The zero-order chi connectivity index (χ0) is 20.6. The molecule has 1 aliphatic heterocycles. The zero-order valence-electron chi connectivity index (χ0n) is 15.5. The highest BCUT2D eigenvalue weighted by Gasteiger charge is 2.34. The van der Waals surface area contributed by atoms with Crippen LogP contribution in [-0.2, 0) is 4.74 Å². The molecule has 0 spiro atoms. The molecule has 1 aliphatic rings. The van der Waals surface area contributed by atoms with E-state index in [4.69, 9.17) is 27.9 Å². The third-order valence-electron chi connectivity index (χ3n) is 4.18. The number of rotatable bonds is 2. The van der Waals surface area contributed by atoms with Crippen LogP contribution in [0.4, 0.5) is 19.4 Å². The zero-order valence-corrected chi connectivity index (χ0v) is 17.1. The van der Waals surface area contributed by atoms with E-state index in [2.05, 4.69) is 15.0 Å². The van der Waals surface area contributed by atoms with E-state index in [9.17, 15) is 13.6 Å². The van der Waals surface area contributed by atoms with E-state index >= 15 is 0 Å². The lowest BCUT2D eigenvalue weighted by Gasteiger charge is -2.41. The van der Waals surface area contributed by atoms with Crippen molar-refractivity contribution in [1.29, 1.82) is 0 Å². The first kappa shape index (κ1) is 20.7. The number of ether oxygens (including phenoxy) is 1. The van der Waals surface area contributed by atoms with Crippen molar-refractivity contribution in [1.82, 2.24) is 19.9 Å². The van der Waals surface area contributed by atoms with Crippen molar-refractivity contribution in [3.63, 3.8) is 0 Å². The van der Waals surface area contributed by atoms with E-state index in [0.717, 1.165) is 0 Å². The summed E-state index contributed by atoms with van der Waals surface area (Å²) in [5.41, 5.74) is -0.755. The van der Waals surface area contributed by atoms with Gasteiger partial charge in [0.05, 0.1) is 11.4 Å². The fourth-order valence-electron chi connectivity index (χ4n) is 2.97. The first-order chi connectivity index (χ1) is 13.1. The topological polar surface area (TPSA) is 71.5 Å². The van der Waals surface area contributed by atoms with E-state index in [1.807, 2.05) is 0 Å². The number of halogens is 4. The van der Waals surface area contributed by atoms with Crippen LogP contribution in [0.5, 0.6) is 0 Å². The molecular weight excluding hydrogens is 415 g/mol. The van der Waals surface area contributed by atoms with Gasteiger partial charge in [0.15, 0.2) is 11.0 Å². The van der Waals surface area contributed by atoms with Gasteiger partial charge in [-0.15, -0.1) is 0 Å². The largest absolute Gasteiger partial charge is 0.444 e. The molecule has 1 fully saturated rings. The molecule has 7 nitrogen and oxygen atoms in total. The number of carbonyl (C=O) groups is 1. The lowest BCUT2D eigenvalue weighted by Crippen LogP contribution is -2.57. The highest BCUT2D eigenvalue weighted by Crippen LogP contribution is 2.30. The SMILES string of the molecule is CC(C)(C)OC(=O)N1CCN(c2nc(Cl)nc3c(F)c(Cl)ncc23)CC1CF. The Morgan fingerprint density at radius 3 is 2.68 bits per heavy atom. The van der Waals surface area contributed by atoms with Crippen molar-refractivity contribution in [3.8, 4) is 0 Å². The molecule has 2 aromatic rings. The van der Waals surface area contributed by atoms with Gasteiger partial charge < -0.3 is 9.64 Å². The molecule has 152 valence electrons. The second kappa shape index (κ2) is 7.79. The van der Waals surface area contributed by atoms with Gasteiger partial charge in [0.2, 0.25) is 5.28 Å². The van der Waals surface area contributed by atoms with Crippen molar-refractivity contribution < 1.29 is 18.3 Å². The van der Waals surface area contributed by atoms with E-state index in [1.54, 1.807) is 25.7 Å². The molecule has 0 aliphatic carbocycles. The Morgan fingerprint density at radius 2 is 2.04 bits per heavy atom. The number of pyridine rings is 1. The number of anilines is 1. The molecule has 0 radical (unpaired) electrons. The number of aromatic nitrogens is 3. The number of piperazine rings is 1. The summed E-state index contributed by atoms with van der Waals surface area (Å²) in [6.07, 6.45) is 0.761. The molecule has 1 atom stereocenters. The normalized spacial score (nSPS) is 17.9. The predicted molar refractivity (Wildman–Crippen MR) is 102 cm³/mol. The van der Waals surface area contributed by atoms with Crippen molar-refractivity contribution in [2.45, 2.75) is 32.4 Å². The molecular formula is C17H19Cl2F2N5O2. The molecule has 3 rings (SSSR count). The number of carbonyl (C=O) groups excluding carboxylic acids is 1. The Labute approximate surface area is 170 Å². The third-order valence-corrected chi connectivity index (χ3v) is 4.62. The van der Waals surface area contributed by atoms with Gasteiger partial charge in [-0.05, 0) is 32.4 Å². The summed E-state index contributed by atoms with van der Waals surface area (Å²) < 4.78 is 33.3. The molecule has 11 heteroatoms. The Kier molecular flexibility index (Phi) is 5.77. The summed E-state index contributed by atoms with van der Waals surface area (Å²) in [7, 11) is 0. The molecule has 3 heterocycles. The summed E-state index contributed by atoms with van der Waals surface area (Å²) in [5.74, 6) is -0.500. The van der Waals surface area contributed by atoms with E-state index in [0.29, 0.717) is 17.7 Å². The van der Waals surface area contributed by atoms with Gasteiger partial charge in [-0.25, -0.2) is 23.5 Å². The smallest absolute Gasteiger partial charge is 0.410 e. The second-order valence-corrected chi connectivity index (χ2v) is 8.07. The maximum Gasteiger partial charge on any atom is 0.410 e. The summed E-state index contributed by atoms with van der Waals surface area (Å²) in [6.45, 7) is 5.11. The Balaban J connectivity index is 1.91. The summed E-state index contributed by atoms with van der Waals surface area (Å²) in [6, 6.07) is -0.752. The van der Waals surface area contributed by atoms with Crippen molar-refractivity contribution in [3.05, 3.63) is 22.5 Å². The number of fused-ring (bicyclic) bond motifs is 1. The van der Waals surface area contributed by atoms with Crippen LogP contribution in [0.15, 0.2) is 6.20 Å². The molecule has 0 bridgehead atoms. The van der Waals surface area contributed by atoms with Crippen LogP contribution < -0.4 is 4.90 Å². The Morgan fingerprint density at radius 1 is 1.32 bits per heavy atom. The van der Waals surface area contributed by atoms with Crippen LogP contribution in [0.25, 0.3) is 10.9 Å². The summed E-state index contributed by atoms with van der Waals surface area (Å²) >= 11 is 11.7. The van der Waals surface area contributed by atoms with Crippen molar-refractivity contribution in [2.24, 2.45) is 0 Å². The standard InChI is InChI=1S/C17H19Cl2F2N5O2/c1-17(2,3)28-16(27)26-5-4-25(8-9(26)6-20)14-10-7-22-13(18)11(21)12(10)23-15(19)24-14/h7,9H,4-6,8H2,1-3H3. The monoisotopic (exact) mass is 433 g/mol. The minimum atomic E-state index is -0.806. The highest BCUT2D eigenvalue weighted by atomic mass is 35.5. The molecule has 0 saturated carbocycles. The molecule has 1 unspecified atom stereocenters. The molecule has 28 heavy (non-hydrogen) atoms. The van der Waals surface area contributed by atoms with Crippen LogP contribution in [0.1, 0.15) is 20.8 Å². The molecule has 1 saturated heterocycles. The van der Waals surface area contributed by atoms with Gasteiger partial charge >= 0.3 is 6.09 Å². The quantitative estimate of drug-likeness (QED) is 0.528. The van der Waals surface area contributed by atoms with Gasteiger partial charge in [-0.1, -0.05) is 11.6 Å². The van der Waals surface area contributed by atoms with Crippen LogP contribution in [-0.4, -0.2) is 63.9 Å². The van der Waals surface area contributed by atoms with Gasteiger partial charge in [0.1, 0.15) is 23.6 Å². The van der Waals surface area contributed by atoms with E-state index in [-0.39, 0.29) is 29.0 Å². The predicted octanol–water partition coefficient (Wildman–Crippen LogP) is 3.87. The number of alkyl halides is 1. The fraction of sp³-hybridized carbons (Fsp3) is 0.529. The Hall–Kier alpha value is -2.00. The maximum absolute atomic E-state index is 14.3. The van der Waals surface area contributed by atoms with Gasteiger partial charge in [-0.3, -0.25) is 4.90 Å². The average molecular weight is 434 g/mol. The molecule has 1 amide bonds. The van der Waals surface area contributed by atoms with Crippen molar-refractivity contribution >= 4 is 46.0 Å². The third kappa shape index (κ3) is 4.20. The van der Waals surface area contributed by atoms with Crippen LogP contribution in [0, 0.1) is 5.82 Å². The van der Waals surface area contributed by atoms with Crippen LogP contribution in [0.3, 0.4) is 0 Å². The van der Waals surface area contributed by atoms with Gasteiger partial charge in [0, 0.05) is 25.8 Å². The first-order valence-corrected chi connectivity index (χ1v) is 9.34. The van der Waals surface area contributed by atoms with Gasteiger partial charge in [0.25, 0.3) is 0 Å². The number of nitrogens with zero attached hydrogens (tertiary/aromatic N) is 5. The fourth-order valence-corrected chi connectivity index (χ4v) is 3.28. The Bertz CT molecular complexity index is 909. The number of amides is 1. The minimum Gasteiger partial charge on any atom is -0.444 e. The second-order valence-electron chi connectivity index (χ2n) is 7.37. The lowest BCUT2D eigenvalue weighted by atomic mass is 10.1. The van der Waals surface area contributed by atoms with E-state index in [1.165, 1.54) is 11.1 Å². The average Bonchev–Trinajstić information content (AvgIpc) is 2.62. The molecule has 0 N–H and O–H groups in total. The first-order valence-electron chi connectivity index (χ1n) is 8.58. The van der Waals surface area contributed by atoms with Crippen LogP contribution in [0.2, 0.25) is 10.4 Å². The van der Waals surface area contributed by atoms with Gasteiger partial charge in [-0.2, -0.15) is 4.98 Å². The summed E-state index contributed by atoms with van der Waals surface area (Å²) in [4.78, 5) is 27.3. The van der Waals surface area contributed by atoms with Crippen LogP contribution >= 0.6 is 23.2 Å². The number of hydrogen-bond acceptors (Lipinski definition) is 6. The molecule has 2 aromatic heterocycles.